The molecule has 1 saturated carbocycles. The van der Waals surface area contributed by atoms with Gasteiger partial charge in [-0.1, -0.05) is 12.5 Å². The van der Waals surface area contributed by atoms with Gasteiger partial charge in [-0.05, 0) is 68.7 Å². The lowest BCUT2D eigenvalue weighted by molar-refractivity contribution is -0.113. The molecule has 0 radical (unpaired) electrons. The van der Waals surface area contributed by atoms with Gasteiger partial charge in [0.05, 0.1) is 40.1 Å². The van der Waals surface area contributed by atoms with E-state index in [0.29, 0.717) is 17.9 Å². The number of aliphatic hydroxyl groups is 5. The number of nitrogens with one attached hydrogen (secondary N) is 1. The molecule has 0 aliphatic heterocycles. The molecule has 13 nitrogen and oxygen atoms in total. The Morgan fingerprint density at radius 3 is 2.17 bits per heavy atom. The largest absolute Gasteiger partial charge is 0.493 e. The van der Waals surface area contributed by atoms with Gasteiger partial charge in [-0.2, -0.15) is 8.42 Å². The summed E-state index contributed by atoms with van der Waals surface area (Å²) in [5.41, 5.74) is 4.66. The first-order valence-electron chi connectivity index (χ1n) is 13.9. The molecule has 3 aliphatic carbocycles. The molecule has 14 heteroatoms. The summed E-state index contributed by atoms with van der Waals surface area (Å²) in [6.45, 7) is 1.52. The van der Waals surface area contributed by atoms with Crippen molar-refractivity contribution < 1.29 is 56.9 Å². The Labute approximate surface area is 247 Å². The SMILES string of the molecule is CNC[C@H](O)[C@@H](O)[C@H](O)[C@H](O)CO.COc1cc2c(c(OC)c1OC)CCC1=C2CC[C@]2(C)[C@@H](OS(=O)(=O)O)CC[C@@H]12. The standard InChI is InChI=1S/C21H28O7S.C7H17NO5/c1-21-10-9-12-13(16(21)7-8-18(21)28-29(22,23)24)5-6-14-15(12)11-17(25-2)20(27-4)19(14)26-3;1-8-2-4(10)6(12)7(13)5(11)3-9/h11,16,18H,5-10H2,1-4H3,(H,22,23,24);4-13H,2-3H2,1H3/t16-,18-,21-;4-,5+,6+,7+/m00/s1. The third-order valence-electron chi connectivity index (χ3n) is 8.85. The van der Waals surface area contributed by atoms with Crippen molar-refractivity contribution in [1.29, 1.82) is 0 Å². The summed E-state index contributed by atoms with van der Waals surface area (Å²) in [6.07, 6.45) is -1.31. The summed E-state index contributed by atoms with van der Waals surface area (Å²) < 4.78 is 53.7. The van der Waals surface area contributed by atoms with Crippen molar-refractivity contribution in [2.45, 2.75) is 76.0 Å². The quantitative estimate of drug-likeness (QED) is 0.168. The second kappa shape index (κ2) is 14.2. The Morgan fingerprint density at radius 1 is 0.976 bits per heavy atom. The monoisotopic (exact) mass is 619 g/mol. The van der Waals surface area contributed by atoms with E-state index in [9.17, 15) is 18.1 Å². The fourth-order valence-corrected chi connectivity index (χ4v) is 7.31. The molecule has 0 bridgehead atoms. The minimum atomic E-state index is -4.46. The van der Waals surface area contributed by atoms with Crippen LogP contribution in [0.1, 0.15) is 50.2 Å². The number of rotatable bonds is 11. The summed E-state index contributed by atoms with van der Waals surface area (Å²) in [7, 11) is 1.99. The van der Waals surface area contributed by atoms with Crippen LogP contribution in [-0.4, -0.2) is 111 Å². The lowest BCUT2D eigenvalue weighted by Crippen LogP contribution is -2.48. The molecule has 1 aromatic rings. The van der Waals surface area contributed by atoms with Gasteiger partial charge in [-0.15, -0.1) is 0 Å². The maximum atomic E-state index is 11.3. The number of hydrogen-bond donors (Lipinski definition) is 7. The van der Waals surface area contributed by atoms with Gasteiger partial charge in [-0.3, -0.25) is 4.55 Å². The number of ether oxygens (including phenoxy) is 3. The van der Waals surface area contributed by atoms with Crippen molar-refractivity contribution in [1.82, 2.24) is 5.32 Å². The van der Waals surface area contributed by atoms with Crippen LogP contribution in [0.25, 0.3) is 5.57 Å². The van der Waals surface area contributed by atoms with Crippen LogP contribution >= 0.6 is 0 Å². The molecule has 0 saturated heterocycles. The van der Waals surface area contributed by atoms with E-state index in [4.69, 9.17) is 38.8 Å². The van der Waals surface area contributed by atoms with Gasteiger partial charge in [0.25, 0.3) is 0 Å². The summed E-state index contributed by atoms with van der Waals surface area (Å²) >= 11 is 0. The first kappa shape index (κ1) is 34.5. The fourth-order valence-electron chi connectivity index (χ4n) is 6.70. The van der Waals surface area contributed by atoms with Gasteiger partial charge in [0.1, 0.15) is 18.3 Å². The lowest BCUT2D eigenvalue weighted by Gasteiger charge is -2.44. The smallest absolute Gasteiger partial charge is 0.397 e. The zero-order valence-electron chi connectivity index (χ0n) is 24.7. The molecule has 1 aromatic carbocycles. The van der Waals surface area contributed by atoms with Gasteiger partial charge in [-0.25, -0.2) is 4.18 Å². The topological polar surface area (TPSA) is 204 Å². The second-order valence-corrected chi connectivity index (χ2v) is 12.2. The number of aliphatic hydroxyl groups excluding tert-OH is 5. The Balaban J connectivity index is 0.000000316. The third kappa shape index (κ3) is 7.03. The normalized spacial score (nSPS) is 26.1. The third-order valence-corrected chi connectivity index (χ3v) is 9.33. The van der Waals surface area contributed by atoms with E-state index in [2.05, 4.69) is 12.2 Å². The fraction of sp³-hybridized carbons (Fsp3) is 0.714. The van der Waals surface area contributed by atoms with Crippen molar-refractivity contribution in [3.63, 3.8) is 0 Å². The summed E-state index contributed by atoms with van der Waals surface area (Å²) in [5.74, 6) is 2.22. The highest BCUT2D eigenvalue weighted by Gasteiger charge is 2.53. The van der Waals surface area contributed by atoms with E-state index in [0.717, 1.165) is 49.0 Å². The van der Waals surface area contributed by atoms with Crippen molar-refractivity contribution in [3.8, 4) is 17.2 Å². The van der Waals surface area contributed by atoms with Crippen LogP contribution in [-0.2, 0) is 21.0 Å². The molecule has 7 atom stereocenters. The predicted octanol–water partition coefficient (Wildman–Crippen LogP) is 0.452. The van der Waals surface area contributed by atoms with Crippen LogP contribution in [0.3, 0.4) is 0 Å². The Morgan fingerprint density at radius 2 is 1.62 bits per heavy atom. The van der Waals surface area contributed by atoms with Crippen molar-refractivity contribution >= 4 is 16.0 Å². The molecular weight excluding hydrogens is 574 g/mol. The average molecular weight is 620 g/mol. The minimum Gasteiger partial charge on any atom is -0.493 e. The number of benzene rings is 1. The summed E-state index contributed by atoms with van der Waals surface area (Å²) in [6, 6.07) is 2.04. The van der Waals surface area contributed by atoms with Crippen LogP contribution in [0.5, 0.6) is 17.2 Å². The molecule has 0 spiro atoms. The predicted molar refractivity (Wildman–Crippen MR) is 153 cm³/mol. The van der Waals surface area contributed by atoms with E-state index >= 15 is 0 Å². The molecule has 42 heavy (non-hydrogen) atoms. The van der Waals surface area contributed by atoms with Crippen LogP contribution < -0.4 is 19.5 Å². The van der Waals surface area contributed by atoms with Crippen LogP contribution in [0.15, 0.2) is 11.6 Å². The second-order valence-electron chi connectivity index (χ2n) is 11.2. The highest BCUT2D eigenvalue weighted by Crippen LogP contribution is 2.60. The molecule has 7 N–H and O–H groups in total. The van der Waals surface area contributed by atoms with Gasteiger partial charge in [0.15, 0.2) is 11.5 Å². The Bertz CT molecular complexity index is 1220. The van der Waals surface area contributed by atoms with Gasteiger partial charge in [0.2, 0.25) is 5.75 Å². The number of allylic oxidation sites excluding steroid dienone is 2. The molecule has 3 aliphatic rings. The van der Waals surface area contributed by atoms with E-state index in [1.165, 1.54) is 11.1 Å². The maximum Gasteiger partial charge on any atom is 0.397 e. The molecule has 1 fully saturated rings. The molecule has 0 amide bonds. The molecule has 0 heterocycles. The molecular formula is C28H45NO12S. The van der Waals surface area contributed by atoms with E-state index in [1.807, 2.05) is 6.07 Å². The van der Waals surface area contributed by atoms with Gasteiger partial charge >= 0.3 is 10.4 Å². The number of methoxy groups -OCH3 is 3. The Hall–Kier alpha value is -2.01. The van der Waals surface area contributed by atoms with Crippen LogP contribution in [0.4, 0.5) is 0 Å². The zero-order valence-corrected chi connectivity index (χ0v) is 25.6. The van der Waals surface area contributed by atoms with E-state index < -0.39 is 47.5 Å². The van der Waals surface area contributed by atoms with E-state index in [-0.39, 0.29) is 17.9 Å². The Kier molecular flexibility index (Phi) is 11.6. The molecule has 0 unspecified atom stereocenters. The maximum absolute atomic E-state index is 11.3. The van der Waals surface area contributed by atoms with E-state index in [1.54, 1.807) is 28.4 Å². The van der Waals surface area contributed by atoms with Crippen molar-refractivity contribution in [3.05, 3.63) is 22.8 Å². The zero-order chi connectivity index (χ0) is 31.4. The van der Waals surface area contributed by atoms with Gasteiger partial charge < -0.3 is 45.1 Å². The number of hydrogen-bond acceptors (Lipinski definition) is 12. The van der Waals surface area contributed by atoms with Crippen molar-refractivity contribution in [2.75, 3.05) is 41.5 Å². The first-order valence-corrected chi connectivity index (χ1v) is 15.3. The lowest BCUT2D eigenvalue weighted by atomic mass is 9.62. The van der Waals surface area contributed by atoms with Crippen molar-refractivity contribution in [2.24, 2.45) is 11.3 Å². The van der Waals surface area contributed by atoms with Crippen LogP contribution in [0.2, 0.25) is 0 Å². The molecule has 4 rings (SSSR count). The van der Waals surface area contributed by atoms with Gasteiger partial charge in [0, 0.05) is 17.5 Å². The highest BCUT2D eigenvalue weighted by atomic mass is 32.3. The molecule has 0 aromatic heterocycles. The minimum absolute atomic E-state index is 0.0936. The highest BCUT2D eigenvalue weighted by molar-refractivity contribution is 7.80. The van der Waals surface area contributed by atoms with Crippen LogP contribution in [0, 0.1) is 11.3 Å². The average Bonchev–Trinajstić information content (AvgIpc) is 3.29. The summed E-state index contributed by atoms with van der Waals surface area (Å²) in [5, 5.41) is 47.5. The number of fused-ring (bicyclic) bond motifs is 4. The first-order chi connectivity index (χ1) is 19.8. The number of likely N-dealkylation sites (N-methyl/N-ethyl adjacent to an activating group) is 1. The summed E-state index contributed by atoms with van der Waals surface area (Å²) in [4.78, 5) is 0. The molecule has 240 valence electrons.